The minimum Gasteiger partial charge on any atom is -1.00 e. The Hall–Kier alpha value is 0.943. The molecule has 0 aliphatic heterocycles. The summed E-state index contributed by atoms with van der Waals surface area (Å²) in [7, 11) is -0.991. The van der Waals surface area contributed by atoms with Gasteiger partial charge in [-0.15, -0.1) is 0 Å². The number of aliphatic hydroxyl groups is 1. The average molecular weight is 173 g/mol. The van der Waals surface area contributed by atoms with Crippen molar-refractivity contribution < 1.29 is 7.96 Å². The van der Waals surface area contributed by atoms with Gasteiger partial charge in [0.1, 0.15) is 0 Å². The van der Waals surface area contributed by atoms with E-state index in [0.717, 1.165) is 12.5 Å². The van der Waals surface area contributed by atoms with Crippen LogP contribution in [0.4, 0.5) is 0 Å². The van der Waals surface area contributed by atoms with Gasteiger partial charge in [0.15, 0.2) is 0 Å². The second-order valence-electron chi connectivity index (χ2n) is 3.83. The zero-order chi connectivity index (χ0) is 7.49. The number of aliphatic hydroxyl groups excluding tert-OH is 1. The van der Waals surface area contributed by atoms with Gasteiger partial charge in [-0.05, 0) is 12.5 Å². The summed E-state index contributed by atoms with van der Waals surface area (Å²) < 4.78 is 0. The molecule has 0 heterocycles. The third-order valence-electron chi connectivity index (χ3n) is 1.32. The molecule has 1 nitrogen and oxygen atoms in total. The van der Waals surface area contributed by atoms with Gasteiger partial charge in [-0.25, -0.2) is 0 Å². The molecule has 10 heavy (non-hydrogen) atoms. The molecule has 3 heteroatoms. The Morgan fingerprint density at radius 2 is 1.80 bits per heavy atom. The SMILES string of the molecule is CCC(O)C[Si](C)(C)C.[H-].[H-].[Mg+2]. The first-order chi connectivity index (χ1) is 3.95. The molecule has 1 unspecified atom stereocenters. The van der Waals surface area contributed by atoms with Crippen molar-refractivity contribution in [2.24, 2.45) is 0 Å². The topological polar surface area (TPSA) is 20.2 Å². The van der Waals surface area contributed by atoms with Gasteiger partial charge in [0, 0.05) is 8.07 Å². The minimum absolute atomic E-state index is 0. The van der Waals surface area contributed by atoms with Gasteiger partial charge in [-0.1, -0.05) is 26.6 Å². The van der Waals surface area contributed by atoms with Gasteiger partial charge in [-0.2, -0.15) is 0 Å². The predicted molar refractivity (Wildman–Crippen MR) is 52.4 cm³/mol. The van der Waals surface area contributed by atoms with Gasteiger partial charge >= 0.3 is 23.1 Å². The summed E-state index contributed by atoms with van der Waals surface area (Å²) in [6, 6.07) is 1.05. The molecule has 0 saturated heterocycles. The summed E-state index contributed by atoms with van der Waals surface area (Å²) in [5.74, 6) is 0. The van der Waals surface area contributed by atoms with E-state index >= 15 is 0 Å². The maximum atomic E-state index is 9.23. The second-order valence-corrected chi connectivity index (χ2v) is 9.36. The fourth-order valence-electron chi connectivity index (χ4n) is 0.851. The van der Waals surface area contributed by atoms with Crippen molar-refractivity contribution in [1.82, 2.24) is 0 Å². The minimum atomic E-state index is -0.991. The van der Waals surface area contributed by atoms with E-state index in [1.165, 1.54) is 0 Å². The number of rotatable bonds is 3. The quantitative estimate of drug-likeness (QED) is 0.646. The molecule has 0 aliphatic carbocycles. The van der Waals surface area contributed by atoms with Crippen molar-refractivity contribution in [3.8, 4) is 0 Å². The zero-order valence-corrected chi connectivity index (χ0v) is 10.1. The molecular formula is C7H20MgOSi. The van der Waals surface area contributed by atoms with Crippen LogP contribution in [0.1, 0.15) is 16.2 Å². The van der Waals surface area contributed by atoms with Gasteiger partial charge in [0.05, 0.1) is 6.10 Å². The molecule has 0 saturated carbocycles. The summed E-state index contributed by atoms with van der Waals surface area (Å²) in [6.07, 6.45) is 0.862. The van der Waals surface area contributed by atoms with Crippen LogP contribution in [0, 0.1) is 0 Å². The van der Waals surface area contributed by atoms with E-state index in [2.05, 4.69) is 19.6 Å². The summed E-state index contributed by atoms with van der Waals surface area (Å²) in [5.41, 5.74) is 0. The molecule has 0 spiro atoms. The Labute approximate surface area is 84.3 Å². The van der Waals surface area contributed by atoms with Crippen LogP contribution in [0.15, 0.2) is 0 Å². The van der Waals surface area contributed by atoms with Gasteiger partial charge < -0.3 is 7.96 Å². The van der Waals surface area contributed by atoms with Crippen molar-refractivity contribution in [3.05, 3.63) is 0 Å². The van der Waals surface area contributed by atoms with E-state index in [0.29, 0.717) is 0 Å². The van der Waals surface area contributed by atoms with E-state index in [4.69, 9.17) is 0 Å². The molecular weight excluding hydrogens is 152 g/mol. The van der Waals surface area contributed by atoms with Crippen LogP contribution in [0.2, 0.25) is 25.7 Å². The Balaban J connectivity index is -0.000000107. The Morgan fingerprint density at radius 3 is 1.90 bits per heavy atom. The first-order valence-electron chi connectivity index (χ1n) is 3.64. The fourth-order valence-corrected chi connectivity index (χ4v) is 2.55. The summed E-state index contributed by atoms with van der Waals surface area (Å²) >= 11 is 0. The molecule has 0 amide bonds. The van der Waals surface area contributed by atoms with Crippen LogP contribution >= 0.6 is 0 Å². The molecule has 0 bridgehead atoms. The average Bonchev–Trinajstić information content (AvgIpc) is 1.62. The van der Waals surface area contributed by atoms with Crippen LogP contribution in [-0.4, -0.2) is 42.3 Å². The summed E-state index contributed by atoms with van der Waals surface area (Å²) in [6.45, 7) is 8.88. The van der Waals surface area contributed by atoms with Crippen molar-refractivity contribution in [2.75, 3.05) is 0 Å². The summed E-state index contributed by atoms with van der Waals surface area (Å²) in [5, 5.41) is 9.23. The van der Waals surface area contributed by atoms with Crippen LogP contribution in [0.25, 0.3) is 0 Å². The normalized spacial score (nSPS) is 14.1. The van der Waals surface area contributed by atoms with E-state index in [1.807, 2.05) is 6.92 Å². The predicted octanol–water partition coefficient (Wildman–Crippen LogP) is 1.94. The first-order valence-corrected chi connectivity index (χ1v) is 7.34. The number of hydrogen-bond donors (Lipinski definition) is 1. The van der Waals surface area contributed by atoms with Crippen LogP contribution in [0.3, 0.4) is 0 Å². The maximum Gasteiger partial charge on any atom is 2.00 e. The Bertz CT molecular complexity index is 88.0. The molecule has 0 aliphatic rings. The standard InChI is InChI=1S/C7H18OSi.Mg.2H/c1-5-7(8)6-9(2,3)4;;;/h7-8H,5-6H2,1-4H3;;;/q;+2;2*-1. The van der Waals surface area contributed by atoms with E-state index in [1.54, 1.807) is 0 Å². The first kappa shape index (κ1) is 13.5. The third kappa shape index (κ3) is 8.94. The van der Waals surface area contributed by atoms with Crippen molar-refractivity contribution in [2.45, 2.75) is 45.1 Å². The van der Waals surface area contributed by atoms with E-state index in [9.17, 15) is 5.11 Å². The van der Waals surface area contributed by atoms with Gasteiger partial charge in [0.25, 0.3) is 0 Å². The van der Waals surface area contributed by atoms with E-state index in [-0.39, 0.29) is 32.0 Å². The second kappa shape index (κ2) is 5.58. The van der Waals surface area contributed by atoms with Crippen LogP contribution in [-0.2, 0) is 0 Å². The molecule has 0 rings (SSSR count). The largest absolute Gasteiger partial charge is 2.00 e. The monoisotopic (exact) mass is 172 g/mol. The van der Waals surface area contributed by atoms with Gasteiger partial charge in [-0.3, -0.25) is 0 Å². The third-order valence-corrected chi connectivity index (χ3v) is 3.02. The van der Waals surface area contributed by atoms with Crippen LogP contribution < -0.4 is 0 Å². The molecule has 1 atom stereocenters. The maximum absolute atomic E-state index is 9.23. The van der Waals surface area contributed by atoms with Gasteiger partial charge in [0.2, 0.25) is 0 Å². The smallest absolute Gasteiger partial charge is 1.00 e. The van der Waals surface area contributed by atoms with Crippen molar-refractivity contribution in [3.63, 3.8) is 0 Å². The molecule has 0 aromatic rings. The molecule has 1 N–H and O–H groups in total. The van der Waals surface area contributed by atoms with Crippen molar-refractivity contribution in [1.29, 1.82) is 0 Å². The Morgan fingerprint density at radius 1 is 1.40 bits per heavy atom. The summed E-state index contributed by atoms with van der Waals surface area (Å²) in [4.78, 5) is 0. The number of hydrogen-bond acceptors (Lipinski definition) is 1. The molecule has 0 aromatic carbocycles. The molecule has 0 aromatic heterocycles. The van der Waals surface area contributed by atoms with Crippen molar-refractivity contribution >= 4 is 31.1 Å². The Kier molecular flexibility index (Phi) is 7.54. The molecule has 60 valence electrons. The molecule has 0 fully saturated rings. The fraction of sp³-hybridized carbons (Fsp3) is 1.00. The zero-order valence-electron chi connectivity index (χ0n) is 9.65. The van der Waals surface area contributed by atoms with E-state index < -0.39 is 8.07 Å². The van der Waals surface area contributed by atoms with Crippen LogP contribution in [0.5, 0.6) is 0 Å². The molecule has 0 radical (unpaired) electrons.